The first-order valence-electron chi connectivity index (χ1n) is 5.98. The van der Waals surface area contributed by atoms with Crippen LogP contribution in [0.15, 0.2) is 35.5 Å². The van der Waals surface area contributed by atoms with E-state index in [1.165, 1.54) is 24.5 Å². The molecule has 0 bridgehead atoms. The minimum absolute atomic E-state index is 0.0314. The number of imidazole rings is 1. The zero-order valence-electron chi connectivity index (χ0n) is 11.0. The highest BCUT2D eigenvalue weighted by Gasteiger charge is 2.23. The molecule has 10 heteroatoms. The van der Waals surface area contributed by atoms with Gasteiger partial charge in [0.25, 0.3) is 15.7 Å². The minimum atomic E-state index is -4.00. The molecule has 9 nitrogen and oxygen atoms in total. The SMILES string of the molecule is CCNc1ccc([N+](=O)[O-])cc1S(=O)(=O)Nc1ncc[nH]1. The van der Waals surface area contributed by atoms with Crippen molar-refractivity contribution < 1.29 is 13.3 Å². The van der Waals surface area contributed by atoms with Crippen molar-refractivity contribution in [3.05, 3.63) is 40.7 Å². The number of benzene rings is 1. The summed E-state index contributed by atoms with van der Waals surface area (Å²) >= 11 is 0. The van der Waals surface area contributed by atoms with E-state index in [1.54, 1.807) is 6.92 Å². The lowest BCUT2D eigenvalue weighted by Crippen LogP contribution is -2.16. The van der Waals surface area contributed by atoms with Gasteiger partial charge in [-0.3, -0.25) is 10.1 Å². The Morgan fingerprint density at radius 3 is 2.76 bits per heavy atom. The van der Waals surface area contributed by atoms with Crippen LogP contribution in [0.25, 0.3) is 0 Å². The second kappa shape index (κ2) is 5.79. The van der Waals surface area contributed by atoms with Gasteiger partial charge < -0.3 is 10.3 Å². The average molecular weight is 311 g/mol. The summed E-state index contributed by atoms with van der Waals surface area (Å²) in [6.07, 6.45) is 2.84. The number of nitro groups is 1. The van der Waals surface area contributed by atoms with Gasteiger partial charge in [0, 0.05) is 31.1 Å². The third-order valence-corrected chi connectivity index (χ3v) is 3.94. The Labute approximate surface area is 120 Å². The number of non-ortho nitro benzene ring substituents is 1. The number of aromatic amines is 1. The van der Waals surface area contributed by atoms with Gasteiger partial charge in [-0.05, 0) is 13.0 Å². The van der Waals surface area contributed by atoms with Gasteiger partial charge >= 0.3 is 0 Å². The van der Waals surface area contributed by atoms with E-state index in [2.05, 4.69) is 20.0 Å². The maximum Gasteiger partial charge on any atom is 0.270 e. The van der Waals surface area contributed by atoms with Crippen molar-refractivity contribution in [2.75, 3.05) is 16.6 Å². The van der Waals surface area contributed by atoms with Crippen molar-refractivity contribution in [2.24, 2.45) is 0 Å². The van der Waals surface area contributed by atoms with Crippen LogP contribution >= 0.6 is 0 Å². The molecule has 0 aliphatic heterocycles. The molecule has 0 saturated carbocycles. The van der Waals surface area contributed by atoms with E-state index in [0.29, 0.717) is 6.54 Å². The molecule has 3 N–H and O–H groups in total. The van der Waals surface area contributed by atoms with Gasteiger partial charge in [-0.1, -0.05) is 0 Å². The maximum atomic E-state index is 12.3. The van der Waals surface area contributed by atoms with E-state index in [0.717, 1.165) is 6.07 Å². The highest BCUT2D eigenvalue weighted by molar-refractivity contribution is 7.92. The molecular formula is C11H13N5O4S. The molecule has 1 heterocycles. The van der Waals surface area contributed by atoms with Gasteiger partial charge in [0.05, 0.1) is 10.6 Å². The fourth-order valence-corrected chi connectivity index (χ4v) is 2.87. The summed E-state index contributed by atoms with van der Waals surface area (Å²) in [4.78, 5) is 16.3. The van der Waals surface area contributed by atoms with E-state index in [9.17, 15) is 18.5 Å². The lowest BCUT2D eigenvalue weighted by atomic mass is 10.3. The predicted octanol–water partition coefficient (Wildman–Crippen LogP) is 1.55. The zero-order valence-corrected chi connectivity index (χ0v) is 11.8. The fraction of sp³-hybridized carbons (Fsp3) is 0.182. The van der Waals surface area contributed by atoms with E-state index in [1.807, 2.05) is 0 Å². The summed E-state index contributed by atoms with van der Waals surface area (Å²) in [5.41, 5.74) is -0.0290. The van der Waals surface area contributed by atoms with Crippen LogP contribution in [-0.4, -0.2) is 29.9 Å². The van der Waals surface area contributed by atoms with Crippen molar-refractivity contribution in [2.45, 2.75) is 11.8 Å². The number of anilines is 2. The van der Waals surface area contributed by atoms with Crippen LogP contribution in [0.1, 0.15) is 6.92 Å². The number of rotatable bonds is 6. The highest BCUT2D eigenvalue weighted by atomic mass is 32.2. The second-order valence-corrected chi connectivity index (χ2v) is 5.66. The number of hydrogen-bond donors (Lipinski definition) is 3. The van der Waals surface area contributed by atoms with E-state index in [4.69, 9.17) is 0 Å². The van der Waals surface area contributed by atoms with Crippen LogP contribution in [-0.2, 0) is 10.0 Å². The number of nitrogens with zero attached hydrogens (tertiary/aromatic N) is 2. The van der Waals surface area contributed by atoms with Crippen LogP contribution in [0.2, 0.25) is 0 Å². The summed E-state index contributed by atoms with van der Waals surface area (Å²) < 4.78 is 26.9. The van der Waals surface area contributed by atoms with Crippen LogP contribution in [0.5, 0.6) is 0 Å². The lowest BCUT2D eigenvalue weighted by molar-refractivity contribution is -0.385. The molecular weight excluding hydrogens is 298 g/mol. The van der Waals surface area contributed by atoms with Gasteiger partial charge in [0.1, 0.15) is 4.90 Å². The summed E-state index contributed by atoms with van der Waals surface area (Å²) in [5.74, 6) is 0.0314. The predicted molar refractivity (Wildman–Crippen MR) is 76.7 cm³/mol. The Balaban J connectivity index is 2.48. The summed E-state index contributed by atoms with van der Waals surface area (Å²) in [7, 11) is -4.00. The number of aromatic nitrogens is 2. The molecule has 0 saturated heterocycles. The van der Waals surface area contributed by atoms with E-state index >= 15 is 0 Å². The Morgan fingerprint density at radius 2 is 2.19 bits per heavy atom. The monoisotopic (exact) mass is 311 g/mol. The normalized spacial score (nSPS) is 11.1. The second-order valence-electron chi connectivity index (χ2n) is 4.01. The smallest absolute Gasteiger partial charge is 0.270 e. The molecule has 0 amide bonds. The first-order valence-corrected chi connectivity index (χ1v) is 7.47. The number of hydrogen-bond acceptors (Lipinski definition) is 6. The molecule has 2 aromatic rings. The largest absolute Gasteiger partial charge is 0.384 e. The van der Waals surface area contributed by atoms with Crippen LogP contribution in [0, 0.1) is 10.1 Å². The van der Waals surface area contributed by atoms with E-state index in [-0.39, 0.29) is 22.2 Å². The molecule has 21 heavy (non-hydrogen) atoms. The number of nitrogens with one attached hydrogen (secondary N) is 3. The number of sulfonamides is 1. The average Bonchev–Trinajstić information content (AvgIpc) is 2.91. The molecule has 2 rings (SSSR count). The van der Waals surface area contributed by atoms with Gasteiger partial charge in [-0.15, -0.1) is 0 Å². The van der Waals surface area contributed by atoms with Crippen LogP contribution < -0.4 is 10.0 Å². The minimum Gasteiger partial charge on any atom is -0.384 e. The van der Waals surface area contributed by atoms with Gasteiger partial charge in [-0.2, -0.15) is 0 Å². The molecule has 0 radical (unpaired) electrons. The molecule has 0 unspecified atom stereocenters. The topological polar surface area (TPSA) is 130 Å². The van der Waals surface area contributed by atoms with Crippen LogP contribution in [0.3, 0.4) is 0 Å². The highest BCUT2D eigenvalue weighted by Crippen LogP contribution is 2.27. The number of H-pyrrole nitrogens is 1. The standard InChI is InChI=1S/C11H13N5O4S/c1-2-12-9-4-3-8(16(17)18)7-10(9)21(19,20)15-11-13-5-6-14-11/h3-7,12H,2H2,1H3,(H2,13,14,15). The lowest BCUT2D eigenvalue weighted by Gasteiger charge is -2.11. The van der Waals surface area contributed by atoms with Gasteiger partial charge in [0.2, 0.25) is 5.95 Å². The Hall–Kier alpha value is -2.62. The molecule has 0 atom stereocenters. The molecule has 0 spiro atoms. The Bertz CT molecular complexity index is 742. The van der Waals surface area contributed by atoms with Gasteiger partial charge in [0.15, 0.2) is 0 Å². The number of nitro benzene ring substituents is 1. The summed E-state index contributed by atoms with van der Waals surface area (Å²) in [6.45, 7) is 2.26. The van der Waals surface area contributed by atoms with Crippen LogP contribution in [0.4, 0.5) is 17.3 Å². The maximum absolute atomic E-state index is 12.3. The molecule has 0 aliphatic rings. The Morgan fingerprint density at radius 1 is 1.43 bits per heavy atom. The molecule has 1 aromatic carbocycles. The molecule has 1 aromatic heterocycles. The molecule has 0 fully saturated rings. The van der Waals surface area contributed by atoms with E-state index < -0.39 is 14.9 Å². The molecule has 0 aliphatic carbocycles. The molecule has 112 valence electrons. The first-order chi connectivity index (χ1) is 9.94. The third-order valence-electron chi connectivity index (χ3n) is 2.56. The third kappa shape index (κ3) is 3.28. The van der Waals surface area contributed by atoms with Crippen molar-refractivity contribution in [1.29, 1.82) is 0 Å². The Kier molecular flexibility index (Phi) is 4.08. The fourth-order valence-electron chi connectivity index (χ4n) is 1.69. The van der Waals surface area contributed by atoms with Crippen molar-refractivity contribution in [3.8, 4) is 0 Å². The van der Waals surface area contributed by atoms with Crippen molar-refractivity contribution >= 4 is 27.3 Å². The quantitative estimate of drug-likeness (QED) is 0.548. The van der Waals surface area contributed by atoms with Crippen molar-refractivity contribution in [1.82, 2.24) is 9.97 Å². The first kappa shape index (κ1) is 14.8. The summed E-state index contributed by atoms with van der Waals surface area (Å²) in [6, 6.07) is 3.60. The van der Waals surface area contributed by atoms with Crippen molar-refractivity contribution in [3.63, 3.8) is 0 Å². The summed E-state index contributed by atoms with van der Waals surface area (Å²) in [5, 5.41) is 13.7. The zero-order chi connectivity index (χ0) is 15.5. The van der Waals surface area contributed by atoms with Gasteiger partial charge in [-0.25, -0.2) is 18.1 Å².